The van der Waals surface area contributed by atoms with Crippen LogP contribution in [0.15, 0.2) is 12.2 Å². The first-order chi connectivity index (χ1) is 8.24. The summed E-state index contributed by atoms with van der Waals surface area (Å²) in [7, 11) is 0. The van der Waals surface area contributed by atoms with Crippen LogP contribution >= 0.6 is 0 Å². The predicted octanol–water partition coefficient (Wildman–Crippen LogP) is 2.68. The van der Waals surface area contributed by atoms with E-state index in [0.29, 0.717) is 12.5 Å². The Kier molecular flexibility index (Phi) is 3.30. The molecule has 2 bridgehead atoms. The summed E-state index contributed by atoms with van der Waals surface area (Å²) in [5.74, 6) is 0.498. The number of rotatable bonds is 3. The van der Waals surface area contributed by atoms with Crippen molar-refractivity contribution >= 4 is 5.97 Å². The highest BCUT2D eigenvalue weighted by Gasteiger charge is 2.54. The van der Waals surface area contributed by atoms with Crippen LogP contribution in [0.25, 0.3) is 0 Å². The molecule has 0 aromatic rings. The largest absolute Gasteiger partial charge is 0.465 e. The Morgan fingerprint density at radius 1 is 1.56 bits per heavy atom. The van der Waals surface area contributed by atoms with Gasteiger partial charge in [0.1, 0.15) is 0 Å². The third-order valence-electron chi connectivity index (χ3n) is 4.77. The maximum Gasteiger partial charge on any atom is 0.302 e. The highest BCUT2D eigenvalue weighted by atomic mass is 16.5. The third kappa shape index (κ3) is 2.33. The van der Waals surface area contributed by atoms with Crippen molar-refractivity contribution in [2.24, 2.45) is 17.3 Å². The number of hydrogen-bond acceptors (Lipinski definition) is 3. The van der Waals surface area contributed by atoms with Gasteiger partial charge in [-0.15, -0.1) is 0 Å². The summed E-state index contributed by atoms with van der Waals surface area (Å²) in [4.78, 5) is 11.1. The van der Waals surface area contributed by atoms with Crippen molar-refractivity contribution < 1.29 is 14.6 Å². The zero-order chi connectivity index (χ0) is 13.6. The first-order valence-corrected chi connectivity index (χ1v) is 6.78. The Balaban J connectivity index is 2.24. The molecule has 18 heavy (non-hydrogen) atoms. The molecule has 2 saturated carbocycles. The minimum atomic E-state index is -0.726. The summed E-state index contributed by atoms with van der Waals surface area (Å²) in [6.45, 7) is 9.77. The van der Waals surface area contributed by atoms with Gasteiger partial charge in [0.05, 0.1) is 12.2 Å². The number of esters is 1. The number of carbonyl (C=O) groups is 1. The molecule has 1 N–H and O–H groups in total. The number of carbonyl (C=O) groups excluding carboxylic acids is 1. The average molecular weight is 252 g/mol. The van der Waals surface area contributed by atoms with Crippen LogP contribution in [0.5, 0.6) is 0 Å². The number of allylic oxidation sites excluding steroid dienone is 1. The molecule has 2 aliphatic carbocycles. The van der Waals surface area contributed by atoms with Gasteiger partial charge < -0.3 is 9.84 Å². The zero-order valence-corrected chi connectivity index (χ0v) is 11.7. The van der Waals surface area contributed by atoms with E-state index >= 15 is 0 Å². The highest BCUT2D eigenvalue weighted by Crippen LogP contribution is 2.59. The lowest BCUT2D eigenvalue weighted by molar-refractivity contribution is -0.152. The molecule has 3 heteroatoms. The van der Waals surface area contributed by atoms with E-state index in [1.165, 1.54) is 12.5 Å². The van der Waals surface area contributed by atoms with Crippen LogP contribution < -0.4 is 0 Å². The number of ether oxygens (including phenoxy) is 1. The summed E-state index contributed by atoms with van der Waals surface area (Å²) in [5.41, 5.74) is 0.452. The number of aliphatic hydroxyl groups is 1. The van der Waals surface area contributed by atoms with E-state index in [0.717, 1.165) is 25.7 Å². The third-order valence-corrected chi connectivity index (χ3v) is 4.77. The summed E-state index contributed by atoms with van der Waals surface area (Å²) < 4.78 is 5.28. The maximum atomic E-state index is 11.1. The number of hydrogen-bond donors (Lipinski definition) is 1. The molecule has 0 radical (unpaired) electrons. The molecule has 0 saturated heterocycles. The van der Waals surface area contributed by atoms with E-state index in [-0.39, 0.29) is 17.3 Å². The van der Waals surface area contributed by atoms with E-state index in [9.17, 15) is 9.90 Å². The summed E-state index contributed by atoms with van der Waals surface area (Å²) in [6.07, 6.45) is 4.00. The smallest absolute Gasteiger partial charge is 0.302 e. The van der Waals surface area contributed by atoms with Crippen molar-refractivity contribution in [3.63, 3.8) is 0 Å². The van der Waals surface area contributed by atoms with Gasteiger partial charge in [-0.25, -0.2) is 0 Å². The van der Waals surface area contributed by atoms with Crippen LogP contribution in [0.3, 0.4) is 0 Å². The quantitative estimate of drug-likeness (QED) is 0.620. The maximum absolute atomic E-state index is 11.1. The molecule has 2 aliphatic rings. The Morgan fingerprint density at radius 2 is 2.22 bits per heavy atom. The minimum absolute atomic E-state index is 0.0933. The molecule has 102 valence electrons. The van der Waals surface area contributed by atoms with Gasteiger partial charge in [0.15, 0.2) is 0 Å². The lowest BCUT2D eigenvalue weighted by Gasteiger charge is -2.46. The van der Waals surface area contributed by atoms with Crippen LogP contribution in [-0.2, 0) is 9.53 Å². The molecule has 3 atom stereocenters. The van der Waals surface area contributed by atoms with E-state index in [2.05, 4.69) is 6.58 Å². The van der Waals surface area contributed by atoms with Crippen LogP contribution in [0.2, 0.25) is 0 Å². The highest BCUT2D eigenvalue weighted by molar-refractivity contribution is 5.65. The van der Waals surface area contributed by atoms with Gasteiger partial charge in [-0.2, -0.15) is 0 Å². The Labute approximate surface area is 109 Å². The van der Waals surface area contributed by atoms with Crippen molar-refractivity contribution in [1.29, 1.82) is 0 Å². The molecule has 0 spiro atoms. The number of fused-ring (bicyclic) bond motifs is 2. The van der Waals surface area contributed by atoms with Crippen molar-refractivity contribution in [3.8, 4) is 0 Å². The standard InChI is InChI=1S/C15H24O3/c1-10-7-15(9-18-11(2)16)8-12(10)5-6-13(15)14(3,4)17/h12-13,17H,1,5-9H2,2-4H3/t12-,13+,15-/m1/s1. The minimum Gasteiger partial charge on any atom is -0.465 e. The van der Waals surface area contributed by atoms with Crippen molar-refractivity contribution in [1.82, 2.24) is 0 Å². The molecule has 0 unspecified atom stereocenters. The van der Waals surface area contributed by atoms with Gasteiger partial charge in [-0.05, 0) is 51.4 Å². The molecular weight excluding hydrogens is 228 g/mol. The van der Waals surface area contributed by atoms with E-state index in [4.69, 9.17) is 4.74 Å². The normalized spacial score (nSPS) is 35.7. The summed E-state index contributed by atoms with van der Waals surface area (Å²) in [5, 5.41) is 10.4. The summed E-state index contributed by atoms with van der Waals surface area (Å²) in [6, 6.07) is 0. The van der Waals surface area contributed by atoms with Gasteiger partial charge >= 0.3 is 5.97 Å². The zero-order valence-electron chi connectivity index (χ0n) is 11.7. The van der Waals surface area contributed by atoms with E-state index in [1.807, 2.05) is 13.8 Å². The molecule has 0 aromatic heterocycles. The van der Waals surface area contributed by atoms with Crippen molar-refractivity contribution in [2.75, 3.05) is 6.61 Å². The first kappa shape index (κ1) is 13.6. The fraction of sp³-hybridized carbons (Fsp3) is 0.800. The lowest BCUT2D eigenvalue weighted by atomic mass is 9.62. The SMILES string of the molecule is C=C1C[C@]2(COC(C)=O)C[C@H]1CC[C@H]2C(C)(C)O. The molecule has 0 aromatic carbocycles. The van der Waals surface area contributed by atoms with Gasteiger partial charge in [-0.1, -0.05) is 12.2 Å². The summed E-state index contributed by atoms with van der Waals surface area (Å²) >= 11 is 0. The van der Waals surface area contributed by atoms with Crippen LogP contribution in [0.1, 0.15) is 46.5 Å². The molecule has 0 heterocycles. The van der Waals surface area contributed by atoms with Gasteiger partial charge in [0.25, 0.3) is 0 Å². The fourth-order valence-electron chi connectivity index (χ4n) is 4.11. The Bertz CT molecular complexity index is 366. The first-order valence-electron chi connectivity index (χ1n) is 6.78. The molecule has 3 nitrogen and oxygen atoms in total. The topological polar surface area (TPSA) is 46.5 Å². The van der Waals surface area contributed by atoms with E-state index < -0.39 is 5.60 Å². The second-order valence-electron chi connectivity index (χ2n) is 6.66. The predicted molar refractivity (Wildman–Crippen MR) is 70.0 cm³/mol. The van der Waals surface area contributed by atoms with Gasteiger partial charge in [-0.3, -0.25) is 4.79 Å². The van der Waals surface area contributed by atoms with Crippen LogP contribution in [0, 0.1) is 17.3 Å². The van der Waals surface area contributed by atoms with Crippen molar-refractivity contribution in [3.05, 3.63) is 12.2 Å². The molecular formula is C15H24O3. The monoisotopic (exact) mass is 252 g/mol. The molecule has 2 rings (SSSR count). The van der Waals surface area contributed by atoms with Gasteiger partial charge in [0, 0.05) is 12.3 Å². The average Bonchev–Trinajstić information content (AvgIpc) is 2.47. The fourth-order valence-corrected chi connectivity index (χ4v) is 4.11. The Hall–Kier alpha value is -0.830. The Morgan fingerprint density at radius 3 is 2.78 bits per heavy atom. The van der Waals surface area contributed by atoms with Crippen LogP contribution in [0.4, 0.5) is 0 Å². The lowest BCUT2D eigenvalue weighted by Crippen LogP contribution is -2.47. The second-order valence-corrected chi connectivity index (χ2v) is 6.66. The van der Waals surface area contributed by atoms with Crippen LogP contribution in [-0.4, -0.2) is 23.3 Å². The van der Waals surface area contributed by atoms with E-state index in [1.54, 1.807) is 0 Å². The van der Waals surface area contributed by atoms with Crippen molar-refractivity contribution in [2.45, 2.75) is 52.1 Å². The molecule has 0 amide bonds. The van der Waals surface area contributed by atoms with Gasteiger partial charge in [0.2, 0.25) is 0 Å². The molecule has 0 aliphatic heterocycles. The molecule has 2 fully saturated rings. The second kappa shape index (κ2) is 4.37.